The topological polar surface area (TPSA) is 47.6 Å². The van der Waals surface area contributed by atoms with Gasteiger partial charge in [-0.15, -0.1) is 0 Å². The molecule has 0 aromatic heterocycles. The molecule has 0 fully saturated rings. The van der Waals surface area contributed by atoms with Crippen molar-refractivity contribution in [3.05, 3.63) is 12.1 Å². The van der Waals surface area contributed by atoms with Crippen LogP contribution in [-0.4, -0.2) is 21.3 Å². The fraction of sp³-hybridized carbons (Fsp3) is 0.333. The molecule has 13 heavy (non-hydrogen) atoms. The van der Waals surface area contributed by atoms with Crippen LogP contribution in [0.1, 0.15) is 0 Å². The maximum atomic E-state index is 11.1. The lowest BCUT2D eigenvalue weighted by Crippen LogP contribution is -1.94. The summed E-state index contributed by atoms with van der Waals surface area (Å²) in [5, 5.41) is 11.1. The molecule has 0 aliphatic rings. The lowest BCUT2D eigenvalue weighted by atomic mass is 10.2. The third kappa shape index (κ3) is 1.77. The Labute approximate surface area is 76.7 Å². The minimum atomic E-state index is -0.172. The quantitative estimate of drug-likeness (QED) is 0.718. The Morgan fingerprint density at radius 2 is 1.38 bits per heavy atom. The van der Waals surface area contributed by atoms with Crippen LogP contribution in [0.5, 0.6) is 23.0 Å². The number of methoxy groups -OCH3 is 3. The van der Waals surface area contributed by atoms with Crippen LogP contribution in [0.25, 0.3) is 0 Å². The van der Waals surface area contributed by atoms with E-state index in [1.54, 1.807) is 0 Å². The normalized spacial score (nSPS) is 9.46. The molecule has 0 unspecified atom stereocenters. The van der Waals surface area contributed by atoms with Gasteiger partial charge >= 0.3 is 0 Å². The maximum Gasteiger partial charge on any atom is 0.203 e. The fourth-order valence-electron chi connectivity index (χ4n) is 1.06. The molecule has 4 nitrogen and oxygen atoms in total. The highest BCUT2D eigenvalue weighted by molar-refractivity contribution is 5.55. The van der Waals surface area contributed by atoms with Gasteiger partial charge in [0.05, 0.1) is 21.3 Å². The molecule has 0 spiro atoms. The molecule has 0 heterocycles. The van der Waals surface area contributed by atoms with E-state index in [-0.39, 0.29) is 5.75 Å². The lowest BCUT2D eigenvalue weighted by Gasteiger charge is -2.10. The van der Waals surface area contributed by atoms with Crippen LogP contribution in [0.2, 0.25) is 0 Å². The number of benzene rings is 1. The smallest absolute Gasteiger partial charge is 0.203 e. The molecule has 1 rings (SSSR count). The second kappa shape index (κ2) is 3.89. The van der Waals surface area contributed by atoms with Crippen LogP contribution in [0.4, 0.5) is 0 Å². The first-order valence-corrected chi connectivity index (χ1v) is 3.70. The van der Waals surface area contributed by atoms with Crippen molar-refractivity contribution in [2.45, 2.75) is 0 Å². The standard InChI is InChI=1S/C9H11O4/c1-11-7-4-6(10)5-8(12-2)9(7)13-3/h4-5H,1-3H3. The predicted octanol–water partition coefficient (Wildman–Crippen LogP) is 1.86. The maximum absolute atomic E-state index is 11.1. The van der Waals surface area contributed by atoms with Gasteiger partial charge in [0.1, 0.15) is 0 Å². The zero-order chi connectivity index (χ0) is 9.84. The number of ether oxygens (including phenoxy) is 3. The van der Waals surface area contributed by atoms with E-state index in [0.29, 0.717) is 17.2 Å². The van der Waals surface area contributed by atoms with E-state index in [2.05, 4.69) is 0 Å². The number of hydrogen-bond donors (Lipinski definition) is 0. The highest BCUT2D eigenvalue weighted by Crippen LogP contribution is 2.40. The average Bonchev–Trinajstić information content (AvgIpc) is 2.16. The zero-order valence-electron chi connectivity index (χ0n) is 7.79. The van der Waals surface area contributed by atoms with Crippen LogP contribution >= 0.6 is 0 Å². The summed E-state index contributed by atoms with van der Waals surface area (Å²) in [5.74, 6) is 1.03. The van der Waals surface area contributed by atoms with E-state index >= 15 is 0 Å². The van der Waals surface area contributed by atoms with Crippen molar-refractivity contribution in [1.29, 1.82) is 0 Å². The molecule has 0 bridgehead atoms. The Hall–Kier alpha value is -1.58. The molecule has 0 aliphatic heterocycles. The van der Waals surface area contributed by atoms with E-state index in [1.165, 1.54) is 33.5 Å². The monoisotopic (exact) mass is 183 g/mol. The largest absolute Gasteiger partial charge is 0.493 e. The van der Waals surface area contributed by atoms with E-state index < -0.39 is 0 Å². The zero-order valence-corrected chi connectivity index (χ0v) is 7.79. The van der Waals surface area contributed by atoms with Gasteiger partial charge < -0.3 is 14.2 Å². The van der Waals surface area contributed by atoms with Crippen molar-refractivity contribution in [3.63, 3.8) is 0 Å². The molecule has 1 radical (unpaired) electrons. The third-order valence-corrected chi connectivity index (χ3v) is 1.64. The summed E-state index contributed by atoms with van der Waals surface area (Å²) in [7, 11) is 4.43. The molecule has 71 valence electrons. The SMILES string of the molecule is COc1cc([O])cc(OC)c1OC. The van der Waals surface area contributed by atoms with E-state index in [1.807, 2.05) is 0 Å². The summed E-state index contributed by atoms with van der Waals surface area (Å²) in [6.07, 6.45) is 0. The lowest BCUT2D eigenvalue weighted by molar-refractivity contribution is 0.310. The molecule has 0 saturated heterocycles. The van der Waals surface area contributed by atoms with Gasteiger partial charge in [-0.05, 0) is 0 Å². The highest BCUT2D eigenvalue weighted by atomic mass is 16.5. The summed E-state index contributed by atoms with van der Waals surface area (Å²) in [6.45, 7) is 0. The van der Waals surface area contributed by atoms with Crippen molar-refractivity contribution in [3.8, 4) is 23.0 Å². The Bertz CT molecular complexity index is 271. The molecular weight excluding hydrogens is 172 g/mol. The number of hydrogen-bond acceptors (Lipinski definition) is 3. The first kappa shape index (κ1) is 9.51. The van der Waals surface area contributed by atoms with Crippen LogP contribution in [0.15, 0.2) is 12.1 Å². The molecular formula is C9H11O4. The predicted molar refractivity (Wildman–Crippen MR) is 46.2 cm³/mol. The van der Waals surface area contributed by atoms with Crippen LogP contribution in [0.3, 0.4) is 0 Å². The number of rotatable bonds is 3. The van der Waals surface area contributed by atoms with Crippen molar-refractivity contribution in [2.24, 2.45) is 0 Å². The van der Waals surface area contributed by atoms with E-state index in [4.69, 9.17) is 14.2 Å². The van der Waals surface area contributed by atoms with Gasteiger partial charge in [-0.3, -0.25) is 5.11 Å². The van der Waals surface area contributed by atoms with Crippen LogP contribution < -0.4 is 14.2 Å². The van der Waals surface area contributed by atoms with E-state index in [0.717, 1.165) is 0 Å². The summed E-state index contributed by atoms with van der Waals surface area (Å²) in [4.78, 5) is 0. The van der Waals surface area contributed by atoms with Crippen LogP contribution in [-0.2, 0) is 5.11 Å². The van der Waals surface area contributed by atoms with Gasteiger partial charge in [0.25, 0.3) is 0 Å². The van der Waals surface area contributed by atoms with Gasteiger partial charge in [0.15, 0.2) is 17.2 Å². The second-order valence-electron chi connectivity index (χ2n) is 2.36. The minimum absolute atomic E-state index is 0.172. The minimum Gasteiger partial charge on any atom is -0.493 e. The van der Waals surface area contributed by atoms with Gasteiger partial charge in [-0.25, -0.2) is 0 Å². The first-order chi connectivity index (χ1) is 6.22. The van der Waals surface area contributed by atoms with Crippen molar-refractivity contribution in [2.75, 3.05) is 21.3 Å². The Kier molecular flexibility index (Phi) is 2.84. The fourth-order valence-corrected chi connectivity index (χ4v) is 1.06. The van der Waals surface area contributed by atoms with Gasteiger partial charge in [-0.2, -0.15) is 0 Å². The summed E-state index contributed by atoms with van der Waals surface area (Å²) < 4.78 is 14.9. The molecule has 0 amide bonds. The molecule has 0 saturated carbocycles. The van der Waals surface area contributed by atoms with Gasteiger partial charge in [-0.1, -0.05) is 0 Å². The van der Waals surface area contributed by atoms with Crippen molar-refractivity contribution in [1.82, 2.24) is 0 Å². The first-order valence-electron chi connectivity index (χ1n) is 3.70. The molecule has 0 aliphatic carbocycles. The Morgan fingerprint density at radius 3 is 1.69 bits per heavy atom. The Balaban J connectivity index is 3.25. The van der Waals surface area contributed by atoms with Crippen molar-refractivity contribution >= 4 is 0 Å². The molecule has 0 atom stereocenters. The highest BCUT2D eigenvalue weighted by Gasteiger charge is 2.12. The summed E-state index contributed by atoms with van der Waals surface area (Å²) >= 11 is 0. The molecule has 4 heteroatoms. The Morgan fingerprint density at radius 1 is 0.923 bits per heavy atom. The summed E-state index contributed by atoms with van der Waals surface area (Å²) in [5.41, 5.74) is 0. The third-order valence-electron chi connectivity index (χ3n) is 1.64. The molecule has 1 aromatic carbocycles. The van der Waals surface area contributed by atoms with E-state index in [9.17, 15) is 5.11 Å². The molecule has 1 aromatic rings. The van der Waals surface area contributed by atoms with Crippen molar-refractivity contribution < 1.29 is 19.3 Å². The summed E-state index contributed by atoms with van der Waals surface area (Å²) in [6, 6.07) is 2.70. The molecule has 0 N–H and O–H groups in total. The van der Waals surface area contributed by atoms with Crippen LogP contribution in [0, 0.1) is 0 Å². The van der Waals surface area contributed by atoms with Gasteiger partial charge in [0, 0.05) is 12.1 Å². The average molecular weight is 183 g/mol. The second-order valence-corrected chi connectivity index (χ2v) is 2.36. The van der Waals surface area contributed by atoms with Gasteiger partial charge in [0.2, 0.25) is 5.75 Å².